The predicted molar refractivity (Wildman–Crippen MR) is 54.8 cm³/mol. The maximum absolute atomic E-state index is 12.5. The molecule has 0 heterocycles. The number of halogens is 3. The highest BCUT2D eigenvalue weighted by atomic mass is 19.4. The summed E-state index contributed by atoms with van der Waals surface area (Å²) in [7, 11) is 0. The lowest BCUT2D eigenvalue weighted by Gasteiger charge is -2.09. The van der Waals surface area contributed by atoms with Crippen LogP contribution in [0.25, 0.3) is 0 Å². The van der Waals surface area contributed by atoms with Crippen molar-refractivity contribution in [3.05, 3.63) is 35.4 Å². The van der Waals surface area contributed by atoms with Gasteiger partial charge in [-0.05, 0) is 18.6 Å². The SMILES string of the molecule is C/C(=N\O)c1cccc(/C(=N/O)C(F)(F)F)c1. The molecule has 0 radical (unpaired) electrons. The fourth-order valence-electron chi connectivity index (χ4n) is 1.23. The van der Waals surface area contributed by atoms with Crippen LogP contribution < -0.4 is 0 Å². The zero-order chi connectivity index (χ0) is 13.1. The van der Waals surface area contributed by atoms with E-state index < -0.39 is 11.9 Å². The van der Waals surface area contributed by atoms with Crippen molar-refractivity contribution < 1.29 is 23.6 Å². The van der Waals surface area contributed by atoms with E-state index in [2.05, 4.69) is 10.3 Å². The molecule has 0 saturated carbocycles. The highest BCUT2D eigenvalue weighted by Crippen LogP contribution is 2.23. The Hall–Kier alpha value is -2.05. The van der Waals surface area contributed by atoms with Gasteiger partial charge < -0.3 is 10.4 Å². The smallest absolute Gasteiger partial charge is 0.411 e. The number of alkyl halides is 3. The largest absolute Gasteiger partial charge is 0.437 e. The van der Waals surface area contributed by atoms with Crippen LogP contribution in [-0.2, 0) is 0 Å². The van der Waals surface area contributed by atoms with Crippen molar-refractivity contribution in [1.82, 2.24) is 0 Å². The first-order valence-electron chi connectivity index (χ1n) is 4.49. The predicted octanol–water partition coefficient (Wildman–Crippen LogP) is 2.63. The molecule has 17 heavy (non-hydrogen) atoms. The van der Waals surface area contributed by atoms with E-state index >= 15 is 0 Å². The third-order valence-electron chi connectivity index (χ3n) is 2.07. The summed E-state index contributed by atoms with van der Waals surface area (Å²) in [6.07, 6.45) is -4.75. The topological polar surface area (TPSA) is 65.2 Å². The van der Waals surface area contributed by atoms with E-state index in [-0.39, 0.29) is 11.3 Å². The minimum atomic E-state index is -4.75. The number of oxime groups is 2. The average Bonchev–Trinajstić information content (AvgIpc) is 2.27. The molecule has 0 amide bonds. The van der Waals surface area contributed by atoms with E-state index in [4.69, 9.17) is 10.4 Å². The van der Waals surface area contributed by atoms with Crippen LogP contribution in [-0.4, -0.2) is 28.0 Å². The van der Waals surface area contributed by atoms with Crippen LogP contribution in [0.3, 0.4) is 0 Å². The first-order chi connectivity index (χ1) is 7.90. The molecule has 0 aliphatic rings. The minimum Gasteiger partial charge on any atom is -0.411 e. The molecule has 0 aliphatic carbocycles. The van der Waals surface area contributed by atoms with E-state index in [9.17, 15) is 13.2 Å². The van der Waals surface area contributed by atoms with Gasteiger partial charge in [0.2, 0.25) is 0 Å². The normalized spacial score (nSPS) is 13.9. The van der Waals surface area contributed by atoms with E-state index in [0.29, 0.717) is 5.56 Å². The number of benzene rings is 1. The molecule has 7 heteroatoms. The van der Waals surface area contributed by atoms with Gasteiger partial charge in [-0.25, -0.2) is 0 Å². The van der Waals surface area contributed by atoms with Gasteiger partial charge in [0.1, 0.15) is 0 Å². The number of hydrogen-bond donors (Lipinski definition) is 2. The van der Waals surface area contributed by atoms with Gasteiger partial charge in [0, 0.05) is 5.56 Å². The van der Waals surface area contributed by atoms with Crippen molar-refractivity contribution in [2.24, 2.45) is 10.3 Å². The van der Waals surface area contributed by atoms with Gasteiger partial charge in [-0.2, -0.15) is 13.2 Å². The molecule has 0 spiro atoms. The Balaban J connectivity index is 3.25. The Labute approximate surface area is 94.7 Å². The van der Waals surface area contributed by atoms with Gasteiger partial charge in [-0.15, -0.1) is 0 Å². The second-order valence-electron chi connectivity index (χ2n) is 3.21. The minimum absolute atomic E-state index is 0.159. The van der Waals surface area contributed by atoms with Crippen molar-refractivity contribution >= 4 is 11.4 Å². The molecule has 4 nitrogen and oxygen atoms in total. The summed E-state index contributed by atoms with van der Waals surface area (Å²) in [5, 5.41) is 22.0. The van der Waals surface area contributed by atoms with Crippen LogP contribution >= 0.6 is 0 Å². The van der Waals surface area contributed by atoms with Gasteiger partial charge in [0.25, 0.3) is 0 Å². The lowest BCUT2D eigenvalue weighted by molar-refractivity contribution is -0.0601. The fraction of sp³-hybridized carbons (Fsp3) is 0.200. The van der Waals surface area contributed by atoms with Gasteiger partial charge in [0.15, 0.2) is 5.71 Å². The summed E-state index contributed by atoms with van der Waals surface area (Å²) in [5.41, 5.74) is -1.24. The summed E-state index contributed by atoms with van der Waals surface area (Å²) in [6, 6.07) is 5.09. The lowest BCUT2D eigenvalue weighted by atomic mass is 10.0. The Bertz CT molecular complexity index is 467. The quantitative estimate of drug-likeness (QED) is 0.478. The summed E-state index contributed by atoms with van der Waals surface area (Å²) in [6.45, 7) is 1.43. The van der Waals surface area contributed by atoms with E-state index in [1.54, 1.807) is 0 Å². The molecule has 0 fully saturated rings. The van der Waals surface area contributed by atoms with Gasteiger partial charge in [0.05, 0.1) is 5.71 Å². The molecule has 0 unspecified atom stereocenters. The Morgan fingerprint density at radius 3 is 2.18 bits per heavy atom. The molecule has 2 N–H and O–H groups in total. The summed E-state index contributed by atoms with van der Waals surface area (Å²) in [5.74, 6) is 0. The second kappa shape index (κ2) is 4.86. The Kier molecular flexibility index (Phi) is 3.72. The molecular formula is C10H9F3N2O2. The number of hydrogen-bond acceptors (Lipinski definition) is 4. The maximum Gasteiger partial charge on any atom is 0.437 e. The van der Waals surface area contributed by atoms with Crippen molar-refractivity contribution in [2.75, 3.05) is 0 Å². The second-order valence-corrected chi connectivity index (χ2v) is 3.21. The van der Waals surface area contributed by atoms with Crippen molar-refractivity contribution in [3.63, 3.8) is 0 Å². The highest BCUT2D eigenvalue weighted by Gasteiger charge is 2.37. The van der Waals surface area contributed by atoms with Crippen molar-refractivity contribution in [1.29, 1.82) is 0 Å². The standard InChI is InChI=1S/C10H9F3N2O2/c1-6(14-16)7-3-2-4-8(5-7)9(15-17)10(11,12)13/h2-5,16-17H,1H3/b14-6+,15-9-. The molecule has 0 aliphatic heterocycles. The molecule has 1 rings (SSSR count). The van der Waals surface area contributed by atoms with Crippen LogP contribution in [0.4, 0.5) is 13.2 Å². The van der Waals surface area contributed by atoms with Crippen LogP contribution in [0.2, 0.25) is 0 Å². The fourth-order valence-corrected chi connectivity index (χ4v) is 1.23. The van der Waals surface area contributed by atoms with Crippen LogP contribution in [0.1, 0.15) is 18.1 Å². The Morgan fingerprint density at radius 2 is 1.71 bits per heavy atom. The Morgan fingerprint density at radius 1 is 1.12 bits per heavy atom. The number of nitrogens with zero attached hydrogens (tertiary/aromatic N) is 2. The first-order valence-corrected chi connectivity index (χ1v) is 4.49. The molecule has 0 saturated heterocycles. The number of rotatable bonds is 2. The summed E-state index contributed by atoms with van der Waals surface area (Å²) in [4.78, 5) is 0. The van der Waals surface area contributed by atoms with E-state index in [1.807, 2.05) is 0 Å². The van der Waals surface area contributed by atoms with Crippen molar-refractivity contribution in [2.45, 2.75) is 13.1 Å². The maximum atomic E-state index is 12.5. The van der Waals surface area contributed by atoms with Gasteiger partial charge in [-0.1, -0.05) is 28.5 Å². The van der Waals surface area contributed by atoms with Gasteiger partial charge >= 0.3 is 6.18 Å². The lowest BCUT2D eigenvalue weighted by Crippen LogP contribution is -2.24. The van der Waals surface area contributed by atoms with Gasteiger partial charge in [-0.3, -0.25) is 0 Å². The molecule has 1 aromatic carbocycles. The molecule has 0 bridgehead atoms. The zero-order valence-electron chi connectivity index (χ0n) is 8.73. The summed E-state index contributed by atoms with van der Waals surface area (Å²) < 4.78 is 37.4. The average molecular weight is 246 g/mol. The van der Waals surface area contributed by atoms with Crippen molar-refractivity contribution in [3.8, 4) is 0 Å². The molecule has 0 atom stereocenters. The van der Waals surface area contributed by atoms with Crippen LogP contribution in [0.5, 0.6) is 0 Å². The molecule has 0 aromatic heterocycles. The molecule has 92 valence electrons. The van der Waals surface area contributed by atoms with E-state index in [0.717, 1.165) is 12.1 Å². The molecular weight excluding hydrogens is 237 g/mol. The van der Waals surface area contributed by atoms with Crippen LogP contribution in [0, 0.1) is 0 Å². The monoisotopic (exact) mass is 246 g/mol. The first kappa shape index (κ1) is 13.0. The van der Waals surface area contributed by atoms with Crippen LogP contribution in [0.15, 0.2) is 34.6 Å². The van der Waals surface area contributed by atoms with E-state index in [1.165, 1.54) is 19.1 Å². The highest BCUT2D eigenvalue weighted by molar-refractivity contribution is 6.06. The zero-order valence-corrected chi connectivity index (χ0v) is 8.73. The third-order valence-corrected chi connectivity index (χ3v) is 2.07. The third kappa shape index (κ3) is 2.96. The summed E-state index contributed by atoms with van der Waals surface area (Å²) >= 11 is 0. The molecule has 1 aromatic rings.